The number of rotatable bonds is 5. The Morgan fingerprint density at radius 2 is 1.79 bits per heavy atom. The third-order valence-electron chi connectivity index (χ3n) is 2.85. The summed E-state index contributed by atoms with van der Waals surface area (Å²) in [6.45, 7) is 13.9. The van der Waals surface area contributed by atoms with Gasteiger partial charge in [0.2, 0.25) is 0 Å². The fourth-order valence-electron chi connectivity index (χ4n) is 1.72. The largest absolute Gasteiger partial charge is 0.537 e. The van der Waals surface area contributed by atoms with Gasteiger partial charge in [0, 0.05) is 6.42 Å². The normalized spacial score (nSPS) is 12.1. The van der Waals surface area contributed by atoms with Crippen LogP contribution in [0.15, 0.2) is 30.8 Å². The molecule has 19 heavy (non-hydrogen) atoms. The molecule has 1 aromatic carbocycles. The van der Waals surface area contributed by atoms with Crippen molar-refractivity contribution in [2.75, 3.05) is 0 Å². The molecule has 0 aromatic heterocycles. The lowest BCUT2D eigenvalue weighted by Gasteiger charge is -2.26. The summed E-state index contributed by atoms with van der Waals surface area (Å²) in [6, 6.07) is 7.69. The van der Waals surface area contributed by atoms with Crippen molar-refractivity contribution in [2.45, 2.75) is 40.3 Å². The molecular formula is C16H24O2Si. The lowest BCUT2D eigenvalue weighted by atomic mass is 9.93. The zero-order valence-electron chi connectivity index (χ0n) is 12.6. The maximum atomic E-state index is 12.3. The molecule has 0 fully saturated rings. The van der Waals surface area contributed by atoms with Crippen LogP contribution >= 0.6 is 0 Å². The highest BCUT2D eigenvalue weighted by Gasteiger charge is 2.36. The molecular weight excluding hydrogens is 252 g/mol. The van der Waals surface area contributed by atoms with Crippen molar-refractivity contribution in [1.82, 2.24) is 0 Å². The monoisotopic (exact) mass is 276 g/mol. The number of hydrogen-bond donors (Lipinski definition) is 0. The Bertz CT molecular complexity index is 453. The molecule has 0 aliphatic carbocycles. The Morgan fingerprint density at radius 3 is 2.21 bits per heavy atom. The molecule has 0 heterocycles. The molecule has 104 valence electrons. The number of carbonyl (C=O) groups excluding carboxylic acids is 1. The highest BCUT2D eigenvalue weighted by Crippen LogP contribution is 2.24. The molecule has 0 saturated carbocycles. The van der Waals surface area contributed by atoms with Gasteiger partial charge in [0.15, 0.2) is 5.41 Å². The molecule has 0 saturated heterocycles. The van der Waals surface area contributed by atoms with E-state index in [1.165, 1.54) is 0 Å². The molecule has 0 aliphatic heterocycles. The Hall–Kier alpha value is -1.35. The molecule has 0 amide bonds. The second-order valence-corrected chi connectivity index (χ2v) is 10.3. The van der Waals surface area contributed by atoms with E-state index in [2.05, 4.69) is 27.4 Å². The minimum absolute atomic E-state index is 0.0113. The Balaban J connectivity index is 2.77. The molecule has 2 nitrogen and oxygen atoms in total. The van der Waals surface area contributed by atoms with Crippen molar-refractivity contribution >= 4 is 19.8 Å². The third-order valence-corrected chi connectivity index (χ3v) is 5.12. The highest BCUT2D eigenvalue weighted by molar-refractivity contribution is 7.00. The molecule has 0 aliphatic rings. The van der Waals surface area contributed by atoms with E-state index < -0.39 is 8.32 Å². The number of carbonyl (C=O) groups is 1. The van der Waals surface area contributed by atoms with Gasteiger partial charge in [-0.1, -0.05) is 45.6 Å². The molecule has 1 rings (SSSR count). The first-order valence-electron chi connectivity index (χ1n) is 6.59. The van der Waals surface area contributed by atoms with E-state index in [1.807, 2.05) is 37.4 Å². The van der Waals surface area contributed by atoms with Crippen LogP contribution in [0.4, 0.5) is 0 Å². The Kier molecular flexibility index (Phi) is 4.74. The Labute approximate surface area is 117 Å². The first kappa shape index (κ1) is 15.7. The van der Waals surface area contributed by atoms with Crippen molar-refractivity contribution in [1.29, 1.82) is 0 Å². The van der Waals surface area contributed by atoms with Crippen LogP contribution in [0.1, 0.15) is 32.8 Å². The van der Waals surface area contributed by atoms with Gasteiger partial charge < -0.3 is 9.22 Å². The minimum Gasteiger partial charge on any atom is -0.537 e. The van der Waals surface area contributed by atoms with E-state index in [0.717, 1.165) is 11.3 Å². The fraction of sp³-hybridized carbons (Fsp3) is 0.438. The van der Waals surface area contributed by atoms with E-state index in [0.29, 0.717) is 6.42 Å². The van der Waals surface area contributed by atoms with Gasteiger partial charge in [-0.3, -0.25) is 0 Å². The van der Waals surface area contributed by atoms with E-state index >= 15 is 0 Å². The number of benzene rings is 1. The van der Waals surface area contributed by atoms with E-state index in [1.54, 1.807) is 6.08 Å². The Morgan fingerprint density at radius 1 is 1.26 bits per heavy atom. The molecule has 0 N–H and O–H groups in total. The fourth-order valence-corrected chi connectivity index (χ4v) is 3.51. The number of hydrogen-bond acceptors (Lipinski definition) is 2. The summed E-state index contributed by atoms with van der Waals surface area (Å²) < 4.78 is 5.96. The van der Waals surface area contributed by atoms with Crippen LogP contribution in [0, 0.1) is 5.41 Å². The van der Waals surface area contributed by atoms with Crippen molar-refractivity contribution in [3.8, 4) is 5.75 Å². The molecule has 3 heteroatoms. The van der Waals surface area contributed by atoms with Crippen molar-refractivity contribution in [3.63, 3.8) is 0 Å². The van der Waals surface area contributed by atoms with Gasteiger partial charge in [-0.2, -0.15) is 0 Å². The molecule has 1 aromatic rings. The van der Waals surface area contributed by atoms with Gasteiger partial charge in [0.1, 0.15) is 5.75 Å². The summed E-state index contributed by atoms with van der Waals surface area (Å²) in [4.78, 5) is 12.3. The van der Waals surface area contributed by atoms with E-state index in [9.17, 15) is 4.79 Å². The maximum absolute atomic E-state index is 12.3. The predicted octanol–water partition coefficient (Wildman–Crippen LogP) is 4.46. The van der Waals surface area contributed by atoms with E-state index in [4.69, 9.17) is 4.43 Å². The highest BCUT2D eigenvalue weighted by atomic mass is 28.4. The first-order chi connectivity index (χ1) is 8.64. The lowest BCUT2D eigenvalue weighted by molar-refractivity contribution is -0.115. The second kappa shape index (κ2) is 5.74. The van der Waals surface area contributed by atoms with Crippen molar-refractivity contribution < 1.29 is 9.22 Å². The topological polar surface area (TPSA) is 26.3 Å². The van der Waals surface area contributed by atoms with Crippen LogP contribution < -0.4 is 4.43 Å². The van der Waals surface area contributed by atoms with Crippen LogP contribution in [0.2, 0.25) is 13.1 Å². The van der Waals surface area contributed by atoms with Gasteiger partial charge >= 0.3 is 8.32 Å². The van der Waals surface area contributed by atoms with Gasteiger partial charge in [-0.25, -0.2) is 0 Å². The van der Waals surface area contributed by atoms with Crippen molar-refractivity contribution in [2.24, 2.45) is 5.41 Å². The minimum atomic E-state index is -2.35. The SMILES string of the molecule is C=Cc1ccc(O[Si](C)(C)C(=O)CC(C)(C)C)cc1. The van der Waals surface area contributed by atoms with Gasteiger partial charge in [0.25, 0.3) is 0 Å². The zero-order chi connectivity index (χ0) is 14.7. The molecule has 0 spiro atoms. The standard InChI is InChI=1S/C16H24O2Si/c1-7-13-8-10-14(11-9-13)18-19(5,6)15(17)12-16(2,3)4/h7-11H,1,12H2,2-6H3. The lowest BCUT2D eigenvalue weighted by Crippen LogP contribution is -2.45. The summed E-state index contributed by atoms with van der Waals surface area (Å²) in [5.41, 5.74) is 1.06. The average molecular weight is 276 g/mol. The van der Waals surface area contributed by atoms with Crippen LogP contribution in [-0.4, -0.2) is 13.7 Å². The molecule has 0 radical (unpaired) electrons. The summed E-state index contributed by atoms with van der Waals surface area (Å²) in [6.07, 6.45) is 2.36. The first-order valence-corrected chi connectivity index (χ1v) is 9.50. The van der Waals surface area contributed by atoms with Gasteiger partial charge in [-0.15, -0.1) is 0 Å². The van der Waals surface area contributed by atoms with Crippen LogP contribution in [0.3, 0.4) is 0 Å². The molecule has 0 atom stereocenters. The predicted molar refractivity (Wildman–Crippen MR) is 83.7 cm³/mol. The van der Waals surface area contributed by atoms with Gasteiger partial charge in [-0.05, 0) is 36.2 Å². The zero-order valence-corrected chi connectivity index (χ0v) is 13.6. The van der Waals surface area contributed by atoms with Crippen LogP contribution in [0.5, 0.6) is 5.75 Å². The van der Waals surface area contributed by atoms with E-state index in [-0.39, 0.29) is 10.8 Å². The summed E-state index contributed by atoms with van der Waals surface area (Å²) in [5, 5.41) is 0.257. The van der Waals surface area contributed by atoms with Crippen molar-refractivity contribution in [3.05, 3.63) is 36.4 Å². The smallest absolute Gasteiger partial charge is 0.314 e. The summed E-state index contributed by atoms with van der Waals surface area (Å²) in [7, 11) is -2.35. The molecule has 0 bridgehead atoms. The van der Waals surface area contributed by atoms with Gasteiger partial charge in [0.05, 0.1) is 0 Å². The quantitative estimate of drug-likeness (QED) is 0.742. The summed E-state index contributed by atoms with van der Waals surface area (Å²) in [5.74, 6) is 0.768. The van der Waals surface area contributed by atoms with Crippen LogP contribution in [-0.2, 0) is 4.79 Å². The van der Waals surface area contributed by atoms with Crippen LogP contribution in [0.25, 0.3) is 6.08 Å². The average Bonchev–Trinajstić information content (AvgIpc) is 2.27. The second-order valence-electron chi connectivity index (χ2n) is 6.55. The third kappa shape index (κ3) is 5.03. The molecule has 0 unspecified atom stereocenters. The summed E-state index contributed by atoms with van der Waals surface area (Å²) >= 11 is 0. The maximum Gasteiger partial charge on any atom is 0.314 e.